The van der Waals surface area contributed by atoms with Gasteiger partial charge in [0.05, 0.1) is 6.04 Å². The number of fused-ring (bicyclic) bond motifs is 1. The molecule has 0 aliphatic carbocycles. The Balaban J connectivity index is 2.00. The van der Waals surface area contributed by atoms with E-state index in [1.54, 1.807) is 0 Å². The normalized spacial score (nSPS) is 17.3. The number of anilines is 1. The number of aldehydes is 1. The van der Waals surface area contributed by atoms with Gasteiger partial charge in [-0.2, -0.15) is 0 Å². The van der Waals surface area contributed by atoms with Gasteiger partial charge in [-0.05, 0) is 40.7 Å². The van der Waals surface area contributed by atoms with Gasteiger partial charge in [0.1, 0.15) is 6.29 Å². The molecule has 24 heavy (non-hydrogen) atoms. The molecule has 124 valence electrons. The summed E-state index contributed by atoms with van der Waals surface area (Å²) >= 11 is 0. The summed E-state index contributed by atoms with van der Waals surface area (Å²) in [6.07, 6.45) is 1.88. The van der Waals surface area contributed by atoms with Crippen LogP contribution in [0.3, 0.4) is 0 Å². The fourth-order valence-corrected chi connectivity index (χ4v) is 3.46. The number of benzene rings is 2. The van der Waals surface area contributed by atoms with Crippen LogP contribution in [0.2, 0.25) is 0 Å². The Kier molecular flexibility index (Phi) is 4.31. The first-order valence-corrected chi connectivity index (χ1v) is 8.51. The van der Waals surface area contributed by atoms with Gasteiger partial charge in [-0.15, -0.1) is 0 Å². The van der Waals surface area contributed by atoms with Gasteiger partial charge in [0.25, 0.3) is 0 Å². The van der Waals surface area contributed by atoms with Crippen LogP contribution in [-0.2, 0) is 16.6 Å². The number of hydrogen-bond donors (Lipinski definition) is 0. The third kappa shape index (κ3) is 3.01. The van der Waals surface area contributed by atoms with Crippen molar-refractivity contribution < 1.29 is 4.79 Å². The van der Waals surface area contributed by atoms with Crippen LogP contribution in [0.1, 0.15) is 43.5 Å². The smallest absolute Gasteiger partial charge is 0.147 e. The first-order valence-electron chi connectivity index (χ1n) is 8.51. The predicted octanol–water partition coefficient (Wildman–Crippen LogP) is 4.84. The molecule has 0 saturated carbocycles. The molecule has 0 aromatic heterocycles. The molecule has 3 rings (SSSR count). The van der Waals surface area contributed by atoms with Crippen molar-refractivity contribution in [2.75, 3.05) is 11.4 Å². The topological polar surface area (TPSA) is 20.3 Å². The van der Waals surface area contributed by atoms with Gasteiger partial charge in [-0.1, -0.05) is 63.7 Å². The van der Waals surface area contributed by atoms with Crippen LogP contribution in [0.15, 0.2) is 60.7 Å². The molecular formula is C22H25NO. The Labute approximate surface area is 144 Å². The molecule has 0 amide bonds. The first-order chi connectivity index (χ1) is 11.4. The summed E-state index contributed by atoms with van der Waals surface area (Å²) in [6.45, 7) is 11.6. The fraction of sp³-hybridized carbons (Fsp3) is 0.318. The first kappa shape index (κ1) is 16.5. The van der Waals surface area contributed by atoms with Crippen molar-refractivity contribution in [3.63, 3.8) is 0 Å². The summed E-state index contributed by atoms with van der Waals surface area (Å²) in [5.74, 6) is 0. The highest BCUT2D eigenvalue weighted by Crippen LogP contribution is 2.37. The van der Waals surface area contributed by atoms with Crippen molar-refractivity contribution in [3.05, 3.63) is 77.4 Å². The minimum Gasteiger partial charge on any atom is -0.360 e. The van der Waals surface area contributed by atoms with Crippen LogP contribution in [0.5, 0.6) is 0 Å². The largest absolute Gasteiger partial charge is 0.360 e. The van der Waals surface area contributed by atoms with Crippen LogP contribution in [0.4, 0.5) is 5.69 Å². The molecule has 1 aliphatic heterocycles. The van der Waals surface area contributed by atoms with Crippen molar-refractivity contribution >= 4 is 12.0 Å². The van der Waals surface area contributed by atoms with Crippen LogP contribution in [-0.4, -0.2) is 12.8 Å². The molecule has 0 unspecified atom stereocenters. The van der Waals surface area contributed by atoms with Crippen molar-refractivity contribution in [2.24, 2.45) is 0 Å². The number of rotatable bonds is 3. The standard InChI is InChI=1S/C22H25NO/c1-16(15-24)21-20-8-6-5-7-17(20)13-14-23(21)19-11-9-18(10-12-19)22(2,3)4/h5-12,15,21H,1,13-14H2,2-4H3/t21-/m0/s1. The second kappa shape index (κ2) is 6.27. The van der Waals surface area contributed by atoms with E-state index in [0.29, 0.717) is 5.57 Å². The van der Waals surface area contributed by atoms with E-state index in [0.717, 1.165) is 24.9 Å². The van der Waals surface area contributed by atoms with Gasteiger partial charge in [-0.3, -0.25) is 4.79 Å². The number of hydrogen-bond acceptors (Lipinski definition) is 2. The molecule has 2 aromatic rings. The van der Waals surface area contributed by atoms with Crippen LogP contribution in [0, 0.1) is 0 Å². The lowest BCUT2D eigenvalue weighted by Crippen LogP contribution is -2.36. The Bertz CT molecular complexity index is 752. The Morgan fingerprint density at radius 3 is 2.42 bits per heavy atom. The molecule has 0 spiro atoms. The summed E-state index contributed by atoms with van der Waals surface area (Å²) in [7, 11) is 0. The van der Waals surface area contributed by atoms with E-state index in [1.807, 2.05) is 6.07 Å². The zero-order valence-electron chi connectivity index (χ0n) is 14.8. The summed E-state index contributed by atoms with van der Waals surface area (Å²) < 4.78 is 0. The van der Waals surface area contributed by atoms with Gasteiger partial charge in [0, 0.05) is 17.8 Å². The second-order valence-electron chi connectivity index (χ2n) is 7.53. The molecule has 2 aromatic carbocycles. The monoisotopic (exact) mass is 319 g/mol. The lowest BCUT2D eigenvalue weighted by molar-refractivity contribution is -0.105. The predicted molar refractivity (Wildman–Crippen MR) is 101 cm³/mol. The van der Waals surface area contributed by atoms with E-state index < -0.39 is 0 Å². The van der Waals surface area contributed by atoms with E-state index in [4.69, 9.17) is 0 Å². The summed E-state index contributed by atoms with van der Waals surface area (Å²) in [4.78, 5) is 13.7. The zero-order valence-corrected chi connectivity index (χ0v) is 14.8. The van der Waals surface area contributed by atoms with Gasteiger partial charge >= 0.3 is 0 Å². The minimum atomic E-state index is -0.0760. The van der Waals surface area contributed by atoms with E-state index in [9.17, 15) is 4.79 Å². The molecule has 0 fully saturated rings. The maximum absolute atomic E-state index is 11.5. The van der Waals surface area contributed by atoms with Crippen molar-refractivity contribution in [3.8, 4) is 0 Å². The van der Waals surface area contributed by atoms with Crippen molar-refractivity contribution in [1.82, 2.24) is 0 Å². The molecule has 0 N–H and O–H groups in total. The van der Waals surface area contributed by atoms with Crippen LogP contribution >= 0.6 is 0 Å². The molecule has 1 aliphatic rings. The SMILES string of the molecule is C=C(C=O)[C@H]1c2ccccc2CCN1c1ccc(C(C)(C)C)cc1. The lowest BCUT2D eigenvalue weighted by Gasteiger charge is -2.39. The molecule has 0 saturated heterocycles. The zero-order chi connectivity index (χ0) is 17.3. The van der Waals surface area contributed by atoms with E-state index in [2.05, 4.69) is 74.7 Å². The number of carbonyl (C=O) groups excluding carboxylic acids is 1. The van der Waals surface area contributed by atoms with Gasteiger partial charge in [-0.25, -0.2) is 0 Å². The average molecular weight is 319 g/mol. The molecule has 0 bridgehead atoms. The molecular weight excluding hydrogens is 294 g/mol. The second-order valence-corrected chi connectivity index (χ2v) is 7.53. The highest BCUT2D eigenvalue weighted by Gasteiger charge is 2.29. The van der Waals surface area contributed by atoms with E-state index in [-0.39, 0.29) is 11.5 Å². The maximum Gasteiger partial charge on any atom is 0.147 e. The molecule has 1 atom stereocenters. The minimum absolute atomic E-state index is 0.0760. The summed E-state index contributed by atoms with van der Waals surface area (Å²) in [5, 5.41) is 0. The Morgan fingerprint density at radius 1 is 1.12 bits per heavy atom. The lowest BCUT2D eigenvalue weighted by atomic mass is 9.86. The fourth-order valence-electron chi connectivity index (χ4n) is 3.46. The Hall–Kier alpha value is -2.35. The number of nitrogens with zero attached hydrogens (tertiary/aromatic N) is 1. The van der Waals surface area contributed by atoms with Gasteiger partial charge < -0.3 is 4.90 Å². The van der Waals surface area contributed by atoms with Crippen LogP contribution < -0.4 is 4.90 Å². The summed E-state index contributed by atoms with van der Waals surface area (Å²) in [5.41, 5.74) is 5.72. The van der Waals surface area contributed by atoms with Gasteiger partial charge in [0.2, 0.25) is 0 Å². The van der Waals surface area contributed by atoms with Crippen molar-refractivity contribution in [1.29, 1.82) is 0 Å². The Morgan fingerprint density at radius 2 is 1.79 bits per heavy atom. The van der Waals surface area contributed by atoms with Crippen LogP contribution in [0.25, 0.3) is 0 Å². The highest BCUT2D eigenvalue weighted by molar-refractivity contribution is 5.77. The number of carbonyl (C=O) groups is 1. The van der Waals surface area contributed by atoms with E-state index >= 15 is 0 Å². The average Bonchev–Trinajstić information content (AvgIpc) is 2.59. The highest BCUT2D eigenvalue weighted by atomic mass is 16.1. The summed E-state index contributed by atoms with van der Waals surface area (Å²) in [6, 6.07) is 17.0. The molecule has 2 heteroatoms. The van der Waals surface area contributed by atoms with Gasteiger partial charge in [0.15, 0.2) is 0 Å². The quantitative estimate of drug-likeness (QED) is 0.596. The molecule has 1 heterocycles. The molecule has 0 radical (unpaired) electrons. The van der Waals surface area contributed by atoms with Crippen molar-refractivity contribution in [2.45, 2.75) is 38.6 Å². The third-order valence-electron chi connectivity index (χ3n) is 4.85. The molecule has 2 nitrogen and oxygen atoms in total. The van der Waals surface area contributed by atoms with E-state index in [1.165, 1.54) is 16.7 Å². The third-order valence-corrected chi connectivity index (χ3v) is 4.85. The maximum atomic E-state index is 11.5.